The molecule has 1 saturated heterocycles. The van der Waals surface area contributed by atoms with Crippen molar-refractivity contribution in [3.05, 3.63) is 29.8 Å². The number of hydrogen-bond donors (Lipinski definition) is 1. The van der Waals surface area contributed by atoms with E-state index >= 15 is 0 Å². The van der Waals surface area contributed by atoms with Crippen LogP contribution in [-0.2, 0) is 15.0 Å². The van der Waals surface area contributed by atoms with Crippen LogP contribution in [0.2, 0.25) is 0 Å². The minimum absolute atomic E-state index is 0.00892. The van der Waals surface area contributed by atoms with Gasteiger partial charge in [-0.05, 0) is 37.5 Å². The van der Waals surface area contributed by atoms with Gasteiger partial charge in [0.15, 0.2) is 0 Å². The van der Waals surface area contributed by atoms with Crippen LogP contribution in [0.25, 0.3) is 0 Å². The molecule has 3 rings (SSSR count). The second-order valence-electron chi connectivity index (χ2n) is 7.27. The standard InChI is InChI=1S/C20H28N2O3/c1-3-22-13-15(12-18(22)23)19(24)21-14-20(10-4-5-11-20)16-6-8-17(25-2)9-7-16/h6-9,15H,3-5,10-14H2,1-2H3,(H,21,24)/t15-/m1/s1. The molecule has 5 nitrogen and oxygen atoms in total. The van der Waals surface area contributed by atoms with Crippen molar-refractivity contribution in [3.63, 3.8) is 0 Å². The Labute approximate surface area is 149 Å². The van der Waals surface area contributed by atoms with Crippen molar-refractivity contribution in [2.24, 2.45) is 5.92 Å². The van der Waals surface area contributed by atoms with E-state index in [0.717, 1.165) is 18.6 Å². The Bertz CT molecular complexity index is 620. The highest BCUT2D eigenvalue weighted by Gasteiger charge is 2.38. The largest absolute Gasteiger partial charge is 0.497 e. The number of rotatable bonds is 6. The summed E-state index contributed by atoms with van der Waals surface area (Å²) in [5.41, 5.74) is 1.28. The van der Waals surface area contributed by atoms with Crippen LogP contribution in [0.4, 0.5) is 0 Å². The first-order valence-corrected chi connectivity index (χ1v) is 9.28. The molecule has 2 aliphatic rings. The number of amides is 2. The lowest BCUT2D eigenvalue weighted by atomic mass is 9.78. The van der Waals surface area contributed by atoms with Gasteiger partial charge in [-0.3, -0.25) is 9.59 Å². The molecule has 1 aromatic rings. The van der Waals surface area contributed by atoms with Gasteiger partial charge >= 0.3 is 0 Å². The fourth-order valence-corrected chi connectivity index (χ4v) is 4.22. The first-order valence-electron chi connectivity index (χ1n) is 9.28. The van der Waals surface area contributed by atoms with Crippen LogP contribution in [0.3, 0.4) is 0 Å². The quantitative estimate of drug-likeness (QED) is 0.862. The van der Waals surface area contributed by atoms with Gasteiger partial charge in [-0.15, -0.1) is 0 Å². The topological polar surface area (TPSA) is 58.6 Å². The summed E-state index contributed by atoms with van der Waals surface area (Å²) in [4.78, 5) is 26.2. The molecule has 1 saturated carbocycles. The average molecular weight is 344 g/mol. The lowest BCUT2D eigenvalue weighted by molar-refractivity contribution is -0.128. The molecule has 1 atom stereocenters. The number of nitrogens with zero attached hydrogens (tertiary/aromatic N) is 1. The summed E-state index contributed by atoms with van der Waals surface area (Å²) in [6.45, 7) is 3.83. The molecular formula is C20H28N2O3. The first-order chi connectivity index (χ1) is 12.1. The van der Waals surface area contributed by atoms with E-state index in [1.807, 2.05) is 19.1 Å². The van der Waals surface area contributed by atoms with Crippen molar-refractivity contribution < 1.29 is 14.3 Å². The minimum atomic E-state index is -0.207. The van der Waals surface area contributed by atoms with Crippen molar-refractivity contribution in [2.75, 3.05) is 26.7 Å². The molecular weight excluding hydrogens is 316 g/mol. The molecule has 136 valence electrons. The van der Waals surface area contributed by atoms with E-state index in [0.29, 0.717) is 26.1 Å². The van der Waals surface area contributed by atoms with Crippen molar-refractivity contribution >= 4 is 11.8 Å². The van der Waals surface area contributed by atoms with Gasteiger partial charge in [0.2, 0.25) is 11.8 Å². The zero-order valence-corrected chi connectivity index (χ0v) is 15.2. The third kappa shape index (κ3) is 3.65. The maximum absolute atomic E-state index is 12.6. The molecule has 1 aromatic carbocycles. The molecule has 1 aliphatic carbocycles. The Morgan fingerprint density at radius 1 is 1.28 bits per heavy atom. The van der Waals surface area contributed by atoms with Gasteiger partial charge in [0, 0.05) is 31.5 Å². The number of likely N-dealkylation sites (tertiary alicyclic amines) is 1. The number of nitrogens with one attached hydrogen (secondary N) is 1. The van der Waals surface area contributed by atoms with E-state index in [2.05, 4.69) is 17.4 Å². The Balaban J connectivity index is 1.66. The summed E-state index contributed by atoms with van der Waals surface area (Å²) < 4.78 is 5.25. The highest BCUT2D eigenvalue weighted by Crippen LogP contribution is 2.41. The maximum Gasteiger partial charge on any atom is 0.225 e. The number of carbonyl (C=O) groups is 2. The van der Waals surface area contributed by atoms with Crippen LogP contribution < -0.4 is 10.1 Å². The van der Waals surface area contributed by atoms with Gasteiger partial charge in [-0.25, -0.2) is 0 Å². The van der Waals surface area contributed by atoms with Crippen molar-refractivity contribution in [1.82, 2.24) is 10.2 Å². The summed E-state index contributed by atoms with van der Waals surface area (Å²) in [5, 5.41) is 3.15. The minimum Gasteiger partial charge on any atom is -0.497 e. The Kier molecular flexibility index (Phi) is 5.30. The summed E-state index contributed by atoms with van der Waals surface area (Å²) >= 11 is 0. The van der Waals surface area contributed by atoms with Crippen LogP contribution in [0.15, 0.2) is 24.3 Å². The Morgan fingerprint density at radius 3 is 2.52 bits per heavy atom. The van der Waals surface area contributed by atoms with E-state index < -0.39 is 0 Å². The van der Waals surface area contributed by atoms with E-state index in [4.69, 9.17) is 4.74 Å². The maximum atomic E-state index is 12.6. The molecule has 1 N–H and O–H groups in total. The SMILES string of the molecule is CCN1C[C@H](C(=O)NCC2(c3ccc(OC)cc3)CCCC2)CC1=O. The van der Waals surface area contributed by atoms with Crippen LogP contribution in [0.1, 0.15) is 44.6 Å². The van der Waals surface area contributed by atoms with E-state index in [-0.39, 0.29) is 23.1 Å². The summed E-state index contributed by atoms with van der Waals surface area (Å²) in [6.07, 6.45) is 4.89. The monoisotopic (exact) mass is 344 g/mol. The zero-order chi connectivity index (χ0) is 17.9. The highest BCUT2D eigenvalue weighted by molar-refractivity contribution is 5.89. The molecule has 1 heterocycles. The molecule has 2 fully saturated rings. The summed E-state index contributed by atoms with van der Waals surface area (Å²) in [6, 6.07) is 8.22. The van der Waals surface area contributed by atoms with Gasteiger partial charge in [0.25, 0.3) is 0 Å². The number of benzene rings is 1. The number of carbonyl (C=O) groups excluding carboxylic acids is 2. The van der Waals surface area contributed by atoms with Crippen molar-refractivity contribution in [2.45, 2.75) is 44.4 Å². The van der Waals surface area contributed by atoms with Gasteiger partial charge in [-0.2, -0.15) is 0 Å². The smallest absolute Gasteiger partial charge is 0.225 e. The second kappa shape index (κ2) is 7.46. The van der Waals surface area contributed by atoms with Gasteiger partial charge < -0.3 is 15.0 Å². The molecule has 0 radical (unpaired) electrons. The van der Waals surface area contributed by atoms with Crippen molar-refractivity contribution in [3.8, 4) is 5.75 Å². The van der Waals surface area contributed by atoms with Crippen LogP contribution in [0.5, 0.6) is 5.75 Å². The van der Waals surface area contributed by atoms with E-state index in [1.54, 1.807) is 12.0 Å². The fourth-order valence-electron chi connectivity index (χ4n) is 4.22. The Morgan fingerprint density at radius 2 is 1.96 bits per heavy atom. The van der Waals surface area contributed by atoms with Crippen LogP contribution in [0, 0.1) is 5.92 Å². The Hall–Kier alpha value is -2.04. The van der Waals surface area contributed by atoms with E-state index in [9.17, 15) is 9.59 Å². The van der Waals surface area contributed by atoms with Crippen molar-refractivity contribution in [1.29, 1.82) is 0 Å². The fraction of sp³-hybridized carbons (Fsp3) is 0.600. The summed E-state index contributed by atoms with van der Waals surface area (Å²) in [5.74, 6) is 0.754. The number of methoxy groups -OCH3 is 1. The lowest BCUT2D eigenvalue weighted by Gasteiger charge is -2.30. The third-order valence-corrected chi connectivity index (χ3v) is 5.83. The molecule has 2 amide bonds. The summed E-state index contributed by atoms with van der Waals surface area (Å²) in [7, 11) is 1.67. The molecule has 25 heavy (non-hydrogen) atoms. The normalized spacial score (nSPS) is 22.2. The lowest BCUT2D eigenvalue weighted by Crippen LogP contribution is -2.42. The first kappa shape index (κ1) is 17.8. The third-order valence-electron chi connectivity index (χ3n) is 5.83. The van der Waals surface area contributed by atoms with Crippen LogP contribution >= 0.6 is 0 Å². The van der Waals surface area contributed by atoms with E-state index in [1.165, 1.54) is 18.4 Å². The molecule has 0 unspecified atom stereocenters. The highest BCUT2D eigenvalue weighted by atomic mass is 16.5. The van der Waals surface area contributed by atoms with Crippen LogP contribution in [-0.4, -0.2) is 43.5 Å². The van der Waals surface area contributed by atoms with Gasteiger partial charge in [0.05, 0.1) is 13.0 Å². The molecule has 5 heteroatoms. The molecule has 0 bridgehead atoms. The predicted octanol–water partition coefficient (Wildman–Crippen LogP) is 2.49. The number of ether oxygens (including phenoxy) is 1. The second-order valence-corrected chi connectivity index (χ2v) is 7.27. The molecule has 0 aromatic heterocycles. The van der Waals surface area contributed by atoms with Gasteiger partial charge in [0.1, 0.15) is 5.75 Å². The predicted molar refractivity (Wildman–Crippen MR) is 96.5 cm³/mol. The van der Waals surface area contributed by atoms with Gasteiger partial charge in [-0.1, -0.05) is 25.0 Å². The average Bonchev–Trinajstić information content (AvgIpc) is 3.27. The zero-order valence-electron chi connectivity index (χ0n) is 15.2. The molecule has 1 aliphatic heterocycles. The molecule has 0 spiro atoms. The number of hydrogen-bond acceptors (Lipinski definition) is 3.